The Balaban J connectivity index is 2.04. The predicted octanol–water partition coefficient (Wildman–Crippen LogP) is 3.03. The molecule has 0 bridgehead atoms. The number of carbonyl (C=O) groups is 1. The quantitative estimate of drug-likeness (QED) is 0.524. The van der Waals surface area contributed by atoms with Crippen LogP contribution in [0.1, 0.15) is 11.1 Å². The molecule has 0 saturated heterocycles. The second kappa shape index (κ2) is 8.01. The predicted molar refractivity (Wildman–Crippen MR) is 87.9 cm³/mol. The molecule has 0 atom stereocenters. The largest absolute Gasteiger partial charge is 0.347 e. The molecule has 0 aliphatic carbocycles. The summed E-state index contributed by atoms with van der Waals surface area (Å²) in [6.07, 6.45) is 6.91. The molecule has 0 radical (unpaired) electrons. The normalized spacial score (nSPS) is 10.8. The van der Waals surface area contributed by atoms with Crippen molar-refractivity contribution in [2.75, 3.05) is 6.26 Å². The number of nitrogens with one attached hydrogen (secondary N) is 1. The van der Waals surface area contributed by atoms with Gasteiger partial charge >= 0.3 is 0 Å². The third kappa shape index (κ3) is 4.47. The number of rotatable bonds is 5. The fourth-order valence-electron chi connectivity index (χ4n) is 1.79. The summed E-state index contributed by atoms with van der Waals surface area (Å²) < 4.78 is 0. The van der Waals surface area contributed by atoms with Crippen LogP contribution in [-0.4, -0.2) is 17.1 Å². The van der Waals surface area contributed by atoms with E-state index in [9.17, 15) is 4.79 Å². The highest BCUT2D eigenvalue weighted by Crippen LogP contribution is 2.16. The van der Waals surface area contributed by atoms with Crippen molar-refractivity contribution >= 4 is 23.7 Å². The maximum Gasteiger partial charge on any atom is 0.262 e. The molecular formula is C17H15N3OS. The van der Waals surface area contributed by atoms with Gasteiger partial charge in [-0.3, -0.25) is 9.78 Å². The molecule has 0 unspecified atom stereocenters. The van der Waals surface area contributed by atoms with E-state index in [4.69, 9.17) is 5.26 Å². The molecule has 1 amide bonds. The number of hydrogen-bond acceptors (Lipinski definition) is 4. The van der Waals surface area contributed by atoms with Gasteiger partial charge in [0.15, 0.2) is 0 Å². The summed E-state index contributed by atoms with van der Waals surface area (Å²) in [6.45, 7) is 0.367. The number of hydrogen-bond donors (Lipinski definition) is 1. The molecule has 2 rings (SSSR count). The Kier molecular flexibility index (Phi) is 5.75. The van der Waals surface area contributed by atoms with Crippen LogP contribution in [0.3, 0.4) is 0 Å². The van der Waals surface area contributed by atoms with Crippen molar-refractivity contribution in [2.24, 2.45) is 0 Å². The van der Waals surface area contributed by atoms with E-state index in [1.807, 2.05) is 48.7 Å². The minimum absolute atomic E-state index is 0.0888. The maximum atomic E-state index is 12.1. The van der Waals surface area contributed by atoms with Gasteiger partial charge in [-0.15, -0.1) is 11.8 Å². The Labute approximate surface area is 133 Å². The lowest BCUT2D eigenvalue weighted by molar-refractivity contribution is -0.117. The molecule has 1 heterocycles. The van der Waals surface area contributed by atoms with E-state index in [-0.39, 0.29) is 11.5 Å². The first-order valence-electron chi connectivity index (χ1n) is 6.66. The lowest BCUT2D eigenvalue weighted by atomic mass is 10.1. The van der Waals surface area contributed by atoms with Crippen molar-refractivity contribution < 1.29 is 4.79 Å². The van der Waals surface area contributed by atoms with Gasteiger partial charge in [-0.1, -0.05) is 12.1 Å². The summed E-state index contributed by atoms with van der Waals surface area (Å²) in [4.78, 5) is 17.1. The third-order valence-corrected chi connectivity index (χ3v) is 3.74. The Morgan fingerprint density at radius 1 is 1.27 bits per heavy atom. The number of benzene rings is 1. The molecule has 0 saturated carbocycles. The molecule has 4 nitrogen and oxygen atoms in total. The summed E-state index contributed by atoms with van der Waals surface area (Å²) >= 11 is 1.64. The first kappa shape index (κ1) is 15.8. The Morgan fingerprint density at radius 2 is 1.95 bits per heavy atom. The first-order valence-corrected chi connectivity index (χ1v) is 7.88. The highest BCUT2D eigenvalue weighted by Gasteiger charge is 2.08. The summed E-state index contributed by atoms with van der Waals surface area (Å²) in [5.41, 5.74) is 1.85. The van der Waals surface area contributed by atoms with Gasteiger partial charge in [0.05, 0.1) is 0 Å². The molecule has 2 aromatic rings. The second-order valence-corrected chi connectivity index (χ2v) is 5.36. The molecular weight excluding hydrogens is 294 g/mol. The van der Waals surface area contributed by atoms with E-state index in [2.05, 4.69) is 10.3 Å². The van der Waals surface area contributed by atoms with E-state index in [0.717, 1.165) is 16.0 Å². The summed E-state index contributed by atoms with van der Waals surface area (Å²) in [5.74, 6) is -0.381. The molecule has 0 aliphatic rings. The average Bonchev–Trinajstić information content (AvgIpc) is 2.59. The third-order valence-electron chi connectivity index (χ3n) is 2.99. The molecule has 5 heteroatoms. The molecule has 1 N–H and O–H groups in total. The average molecular weight is 309 g/mol. The zero-order chi connectivity index (χ0) is 15.8. The zero-order valence-corrected chi connectivity index (χ0v) is 12.9. The minimum atomic E-state index is -0.381. The number of nitrogens with zero attached hydrogens (tertiary/aromatic N) is 2. The van der Waals surface area contributed by atoms with Gasteiger partial charge in [0.25, 0.3) is 5.91 Å². The highest BCUT2D eigenvalue weighted by molar-refractivity contribution is 7.98. The van der Waals surface area contributed by atoms with Crippen LogP contribution in [0, 0.1) is 11.3 Å². The second-order valence-electron chi connectivity index (χ2n) is 4.48. The van der Waals surface area contributed by atoms with E-state index >= 15 is 0 Å². The highest BCUT2D eigenvalue weighted by atomic mass is 32.2. The fraction of sp³-hybridized carbons (Fsp3) is 0.118. The topological polar surface area (TPSA) is 65.8 Å². The van der Waals surface area contributed by atoms with Crippen LogP contribution in [0.25, 0.3) is 6.08 Å². The number of thioether (sulfide) groups is 1. The van der Waals surface area contributed by atoms with Crippen LogP contribution in [0.4, 0.5) is 0 Å². The number of nitriles is 1. The zero-order valence-electron chi connectivity index (χ0n) is 12.1. The van der Waals surface area contributed by atoms with E-state index < -0.39 is 0 Å². The number of carbonyl (C=O) groups excluding carboxylic acids is 1. The van der Waals surface area contributed by atoms with Crippen molar-refractivity contribution in [1.29, 1.82) is 5.26 Å². The van der Waals surface area contributed by atoms with E-state index in [1.54, 1.807) is 30.2 Å². The maximum absolute atomic E-state index is 12.1. The van der Waals surface area contributed by atoms with Gasteiger partial charge in [0.1, 0.15) is 11.6 Å². The molecule has 110 valence electrons. The van der Waals surface area contributed by atoms with Crippen molar-refractivity contribution in [1.82, 2.24) is 10.3 Å². The van der Waals surface area contributed by atoms with Gasteiger partial charge < -0.3 is 5.32 Å². The molecule has 0 aliphatic heterocycles. The molecule has 22 heavy (non-hydrogen) atoms. The van der Waals surface area contributed by atoms with Gasteiger partial charge in [-0.25, -0.2) is 0 Å². The Hall–Kier alpha value is -2.58. The van der Waals surface area contributed by atoms with Crippen LogP contribution < -0.4 is 5.32 Å². The van der Waals surface area contributed by atoms with Gasteiger partial charge in [0.2, 0.25) is 0 Å². The van der Waals surface area contributed by atoms with Crippen molar-refractivity contribution in [2.45, 2.75) is 11.4 Å². The van der Waals surface area contributed by atoms with E-state index in [0.29, 0.717) is 6.54 Å². The summed E-state index contributed by atoms with van der Waals surface area (Å²) in [7, 11) is 0. The van der Waals surface area contributed by atoms with Crippen LogP contribution in [0.2, 0.25) is 0 Å². The van der Waals surface area contributed by atoms with Gasteiger partial charge in [-0.2, -0.15) is 5.26 Å². The molecule has 1 aromatic carbocycles. The van der Waals surface area contributed by atoms with Crippen LogP contribution in [0.5, 0.6) is 0 Å². The standard InChI is InChI=1S/C17H15N3OS/c1-22-16-4-2-13(3-5-16)10-15(11-18)17(21)20-12-14-6-8-19-9-7-14/h2-10H,12H2,1H3,(H,20,21). The van der Waals surface area contributed by atoms with E-state index in [1.165, 1.54) is 0 Å². The SMILES string of the molecule is CSc1ccc(C=C(C#N)C(=O)NCc2ccncc2)cc1. The van der Waals surface area contributed by atoms with Gasteiger partial charge in [-0.05, 0) is 47.7 Å². The van der Waals surface area contributed by atoms with Gasteiger partial charge in [0, 0.05) is 23.8 Å². The lowest BCUT2D eigenvalue weighted by Gasteiger charge is -2.04. The smallest absolute Gasteiger partial charge is 0.262 e. The number of aromatic nitrogens is 1. The fourth-order valence-corrected chi connectivity index (χ4v) is 2.20. The Morgan fingerprint density at radius 3 is 2.55 bits per heavy atom. The first-order chi connectivity index (χ1) is 10.7. The number of pyridine rings is 1. The van der Waals surface area contributed by atoms with Crippen molar-refractivity contribution in [3.05, 3.63) is 65.5 Å². The number of amides is 1. The van der Waals surface area contributed by atoms with Crippen molar-refractivity contribution in [3.8, 4) is 6.07 Å². The van der Waals surface area contributed by atoms with Crippen LogP contribution in [0.15, 0.2) is 59.3 Å². The summed E-state index contributed by atoms with van der Waals surface area (Å²) in [6, 6.07) is 13.3. The molecule has 0 fully saturated rings. The van der Waals surface area contributed by atoms with Crippen LogP contribution >= 0.6 is 11.8 Å². The summed E-state index contributed by atoms with van der Waals surface area (Å²) in [5, 5.41) is 11.9. The minimum Gasteiger partial charge on any atom is -0.347 e. The lowest BCUT2D eigenvalue weighted by Crippen LogP contribution is -2.23. The monoisotopic (exact) mass is 309 g/mol. The molecule has 0 spiro atoms. The Bertz CT molecular complexity index is 703. The van der Waals surface area contributed by atoms with Crippen molar-refractivity contribution in [3.63, 3.8) is 0 Å². The molecule has 1 aromatic heterocycles. The van der Waals surface area contributed by atoms with Crippen LogP contribution in [-0.2, 0) is 11.3 Å².